The van der Waals surface area contributed by atoms with Crippen molar-refractivity contribution in [2.24, 2.45) is 5.41 Å². The second kappa shape index (κ2) is 4.58. The second-order valence-corrected chi connectivity index (χ2v) is 8.42. The van der Waals surface area contributed by atoms with Crippen LogP contribution in [0.4, 0.5) is 0 Å². The van der Waals surface area contributed by atoms with Gasteiger partial charge in [-0.25, -0.2) is 13.1 Å². The Bertz CT molecular complexity index is 614. The highest BCUT2D eigenvalue weighted by Gasteiger charge is 2.48. The average Bonchev–Trinajstić information content (AvgIpc) is 3.22. The Labute approximate surface area is 120 Å². The van der Waals surface area contributed by atoms with Crippen molar-refractivity contribution in [2.45, 2.75) is 56.6 Å². The van der Waals surface area contributed by atoms with E-state index >= 15 is 0 Å². The van der Waals surface area contributed by atoms with Crippen LogP contribution in [-0.2, 0) is 16.6 Å². The molecular formula is C14H23N3O2S. The first-order chi connectivity index (χ1) is 9.33. The molecule has 2 fully saturated rings. The number of hydrogen-bond acceptors (Lipinski definition) is 3. The van der Waals surface area contributed by atoms with E-state index < -0.39 is 10.0 Å². The van der Waals surface area contributed by atoms with E-state index in [1.807, 2.05) is 7.05 Å². The molecule has 3 rings (SSSR count). The Balaban J connectivity index is 1.83. The molecule has 5 nitrogen and oxygen atoms in total. The molecule has 112 valence electrons. The summed E-state index contributed by atoms with van der Waals surface area (Å²) in [6.07, 6.45) is 5.00. The van der Waals surface area contributed by atoms with Crippen LogP contribution >= 0.6 is 0 Å². The Kier molecular flexibility index (Phi) is 3.23. The number of nitrogens with zero attached hydrogens (tertiary/aromatic N) is 1. The minimum Gasteiger partial charge on any atom is -0.346 e. The van der Waals surface area contributed by atoms with Gasteiger partial charge >= 0.3 is 0 Å². The number of sulfonamides is 1. The lowest BCUT2D eigenvalue weighted by molar-refractivity contribution is 0.554. The van der Waals surface area contributed by atoms with E-state index in [1.165, 1.54) is 0 Å². The zero-order valence-electron chi connectivity index (χ0n) is 12.3. The van der Waals surface area contributed by atoms with Gasteiger partial charge in [0.05, 0.1) is 4.90 Å². The van der Waals surface area contributed by atoms with Crippen LogP contribution in [0.3, 0.4) is 0 Å². The molecule has 1 aromatic rings. The van der Waals surface area contributed by atoms with E-state index in [0.717, 1.165) is 25.0 Å². The van der Waals surface area contributed by atoms with Gasteiger partial charge in [-0.2, -0.15) is 0 Å². The molecule has 0 bridgehead atoms. The smallest absolute Gasteiger partial charge is 0.242 e. The van der Waals surface area contributed by atoms with Gasteiger partial charge in [-0.05, 0) is 37.8 Å². The molecule has 0 saturated heterocycles. The number of rotatable bonds is 6. The molecule has 2 aliphatic rings. The van der Waals surface area contributed by atoms with Crippen molar-refractivity contribution < 1.29 is 8.42 Å². The van der Waals surface area contributed by atoms with E-state index in [4.69, 9.17) is 0 Å². The maximum absolute atomic E-state index is 12.4. The van der Waals surface area contributed by atoms with Crippen LogP contribution in [0.1, 0.15) is 44.8 Å². The van der Waals surface area contributed by atoms with Gasteiger partial charge in [-0.15, -0.1) is 0 Å². The zero-order valence-corrected chi connectivity index (χ0v) is 13.1. The van der Waals surface area contributed by atoms with Crippen molar-refractivity contribution in [2.75, 3.05) is 7.05 Å². The fourth-order valence-corrected chi connectivity index (χ4v) is 4.04. The van der Waals surface area contributed by atoms with Crippen LogP contribution in [0, 0.1) is 5.41 Å². The first kappa shape index (κ1) is 14.1. The Morgan fingerprint density at radius 3 is 2.55 bits per heavy atom. The molecule has 1 unspecified atom stereocenters. The Morgan fingerprint density at radius 2 is 2.05 bits per heavy atom. The predicted octanol–water partition coefficient (Wildman–Crippen LogP) is 1.62. The molecule has 0 radical (unpaired) electrons. The maximum Gasteiger partial charge on any atom is 0.242 e. The normalized spacial score (nSPS) is 24.9. The highest BCUT2D eigenvalue weighted by atomic mass is 32.2. The van der Waals surface area contributed by atoms with E-state index in [2.05, 4.69) is 28.5 Å². The Hall–Kier alpha value is -0.850. The van der Waals surface area contributed by atoms with E-state index in [9.17, 15) is 8.42 Å². The molecule has 2 saturated carbocycles. The van der Waals surface area contributed by atoms with E-state index in [1.54, 1.807) is 12.3 Å². The van der Waals surface area contributed by atoms with Crippen LogP contribution in [0.15, 0.2) is 17.2 Å². The first-order valence-corrected chi connectivity index (χ1v) is 8.69. The molecule has 6 heteroatoms. The highest BCUT2D eigenvalue weighted by Crippen LogP contribution is 2.45. The third-order valence-electron chi connectivity index (χ3n) is 4.33. The highest BCUT2D eigenvalue weighted by molar-refractivity contribution is 7.89. The minimum absolute atomic E-state index is 0.0736. The molecule has 1 heterocycles. The monoisotopic (exact) mass is 297 g/mol. The maximum atomic E-state index is 12.4. The van der Waals surface area contributed by atoms with Gasteiger partial charge in [0.2, 0.25) is 10.0 Å². The quantitative estimate of drug-likeness (QED) is 0.838. The first-order valence-electron chi connectivity index (χ1n) is 7.21. The Morgan fingerprint density at radius 1 is 1.40 bits per heavy atom. The van der Waals surface area contributed by atoms with Gasteiger partial charge in [0.1, 0.15) is 0 Å². The van der Waals surface area contributed by atoms with Gasteiger partial charge in [0, 0.05) is 30.5 Å². The van der Waals surface area contributed by atoms with E-state index in [-0.39, 0.29) is 11.5 Å². The summed E-state index contributed by atoms with van der Waals surface area (Å²) in [5.74, 6) is 0. The summed E-state index contributed by atoms with van der Waals surface area (Å²) >= 11 is 0. The van der Waals surface area contributed by atoms with Crippen LogP contribution < -0.4 is 10.0 Å². The number of nitrogens with one attached hydrogen (secondary N) is 2. The largest absolute Gasteiger partial charge is 0.346 e. The standard InChI is InChI=1S/C14H23N3O2S/c1-14(2)7-13(14)16-20(18,19)12-6-11(8-15-3)17(9-12)10-4-5-10/h6,9-10,13,15-16H,4-5,7-8H2,1-3H3. The zero-order chi connectivity index (χ0) is 14.5. The molecule has 2 aliphatic carbocycles. The molecule has 0 spiro atoms. The average molecular weight is 297 g/mol. The number of hydrogen-bond donors (Lipinski definition) is 2. The fraction of sp³-hybridized carbons (Fsp3) is 0.714. The fourth-order valence-electron chi connectivity index (χ4n) is 2.58. The lowest BCUT2D eigenvalue weighted by Crippen LogP contribution is -2.28. The summed E-state index contributed by atoms with van der Waals surface area (Å²) in [4.78, 5) is 0.400. The van der Waals surface area contributed by atoms with Gasteiger partial charge < -0.3 is 9.88 Å². The number of aromatic nitrogens is 1. The summed E-state index contributed by atoms with van der Waals surface area (Å²) in [5.41, 5.74) is 1.14. The topological polar surface area (TPSA) is 63.1 Å². The van der Waals surface area contributed by atoms with Crippen LogP contribution in [0.25, 0.3) is 0 Å². The third-order valence-corrected chi connectivity index (χ3v) is 5.76. The van der Waals surface area contributed by atoms with Gasteiger partial charge in [0.15, 0.2) is 0 Å². The van der Waals surface area contributed by atoms with Crippen LogP contribution in [0.5, 0.6) is 0 Å². The lowest BCUT2D eigenvalue weighted by Gasteiger charge is -2.06. The summed E-state index contributed by atoms with van der Waals surface area (Å²) in [7, 11) is -1.51. The van der Waals surface area contributed by atoms with Crippen molar-refractivity contribution in [3.05, 3.63) is 18.0 Å². The van der Waals surface area contributed by atoms with Crippen molar-refractivity contribution in [1.82, 2.24) is 14.6 Å². The molecule has 1 atom stereocenters. The minimum atomic E-state index is -3.39. The van der Waals surface area contributed by atoms with Crippen LogP contribution in [0.2, 0.25) is 0 Å². The van der Waals surface area contributed by atoms with Crippen molar-refractivity contribution in [3.63, 3.8) is 0 Å². The molecule has 0 amide bonds. The molecule has 20 heavy (non-hydrogen) atoms. The molecular weight excluding hydrogens is 274 g/mol. The van der Waals surface area contributed by atoms with Crippen molar-refractivity contribution in [3.8, 4) is 0 Å². The molecule has 0 aliphatic heterocycles. The summed E-state index contributed by atoms with van der Waals surface area (Å²) in [6, 6.07) is 2.36. The summed E-state index contributed by atoms with van der Waals surface area (Å²) in [6.45, 7) is 4.87. The molecule has 1 aromatic heterocycles. The lowest BCUT2D eigenvalue weighted by atomic mass is 10.2. The third kappa shape index (κ3) is 2.64. The summed E-state index contributed by atoms with van der Waals surface area (Å²) in [5, 5.41) is 3.10. The van der Waals surface area contributed by atoms with E-state index in [0.29, 0.717) is 17.5 Å². The summed E-state index contributed by atoms with van der Waals surface area (Å²) < 4.78 is 29.8. The van der Waals surface area contributed by atoms with Gasteiger partial charge in [0.25, 0.3) is 0 Å². The van der Waals surface area contributed by atoms with Crippen LogP contribution in [-0.4, -0.2) is 26.1 Å². The van der Waals surface area contributed by atoms with Crippen molar-refractivity contribution in [1.29, 1.82) is 0 Å². The predicted molar refractivity (Wildman–Crippen MR) is 78.0 cm³/mol. The van der Waals surface area contributed by atoms with Gasteiger partial charge in [-0.3, -0.25) is 0 Å². The SMILES string of the molecule is CNCc1cc(S(=O)(=O)NC2CC2(C)C)cn1C1CC1. The molecule has 2 N–H and O–H groups in total. The van der Waals surface area contributed by atoms with Crippen molar-refractivity contribution >= 4 is 10.0 Å². The molecule has 0 aromatic carbocycles. The van der Waals surface area contributed by atoms with Gasteiger partial charge in [-0.1, -0.05) is 13.8 Å². The second-order valence-electron chi connectivity index (χ2n) is 6.70.